The van der Waals surface area contributed by atoms with E-state index >= 15 is 0 Å². The SMILES string of the molecule is CC(=O)c1nn(CC(=O)N2C3CC3(CN3CCOCC3)C[C@H]2C(=O)Nc2n[c-]ccc2C)c2ccc(-c3cnc(C)nc3)cc12.[Na+]. The van der Waals surface area contributed by atoms with Gasteiger partial charge in [-0.1, -0.05) is 19.2 Å². The number of carbonyl (C=O) groups is 3. The molecule has 7 rings (SSSR count). The predicted octanol–water partition coefficient (Wildman–Crippen LogP) is -0.158. The second-order valence-corrected chi connectivity index (χ2v) is 12.4. The van der Waals surface area contributed by atoms with E-state index in [0.29, 0.717) is 47.9 Å². The van der Waals surface area contributed by atoms with Crippen LogP contribution in [0.4, 0.5) is 5.82 Å². The average Bonchev–Trinajstić information content (AvgIpc) is 3.43. The minimum atomic E-state index is -0.652. The molecule has 1 aliphatic carbocycles. The maximum absolute atomic E-state index is 14.2. The number of fused-ring (bicyclic) bond motifs is 2. The Labute approximate surface area is 289 Å². The van der Waals surface area contributed by atoms with E-state index in [1.54, 1.807) is 28.0 Å². The Kier molecular flexibility index (Phi) is 9.10. The van der Waals surface area contributed by atoms with Crippen molar-refractivity contribution in [2.24, 2.45) is 5.41 Å². The number of anilines is 1. The van der Waals surface area contributed by atoms with Gasteiger partial charge >= 0.3 is 29.6 Å². The predicted molar refractivity (Wildman–Crippen MR) is 165 cm³/mol. The van der Waals surface area contributed by atoms with Crippen molar-refractivity contribution < 1.29 is 48.7 Å². The van der Waals surface area contributed by atoms with Crippen LogP contribution in [0.15, 0.2) is 42.7 Å². The molecule has 3 fully saturated rings. The fourth-order valence-corrected chi connectivity index (χ4v) is 6.89. The zero-order chi connectivity index (χ0) is 31.3. The largest absolute Gasteiger partial charge is 1.00 e. The molecule has 3 atom stereocenters. The molecule has 2 amide bonds. The quantitative estimate of drug-likeness (QED) is 0.160. The first-order chi connectivity index (χ1) is 21.7. The summed E-state index contributed by atoms with van der Waals surface area (Å²) in [5, 5.41) is 8.20. The number of nitrogens with one attached hydrogen (secondary N) is 1. The van der Waals surface area contributed by atoms with Crippen LogP contribution in [0.25, 0.3) is 22.0 Å². The summed E-state index contributed by atoms with van der Waals surface area (Å²) < 4.78 is 7.13. The topological polar surface area (TPSA) is 135 Å². The molecule has 1 N–H and O–H groups in total. The van der Waals surface area contributed by atoms with Gasteiger partial charge in [-0.2, -0.15) is 17.2 Å². The molecule has 2 unspecified atom stereocenters. The number of carbonyl (C=O) groups excluding carboxylic acids is 3. The third-order valence-corrected chi connectivity index (χ3v) is 9.33. The van der Waals surface area contributed by atoms with E-state index < -0.39 is 6.04 Å². The number of amides is 2. The number of hydrogen-bond acceptors (Lipinski definition) is 9. The van der Waals surface area contributed by atoms with Gasteiger partial charge in [0.25, 0.3) is 0 Å². The monoisotopic (exact) mass is 630 g/mol. The van der Waals surface area contributed by atoms with Crippen LogP contribution in [0.1, 0.15) is 41.6 Å². The molecule has 46 heavy (non-hydrogen) atoms. The number of pyridine rings is 1. The van der Waals surface area contributed by atoms with Crippen LogP contribution in [-0.2, 0) is 20.9 Å². The van der Waals surface area contributed by atoms with Crippen molar-refractivity contribution in [3.05, 3.63) is 66.0 Å². The smallest absolute Gasteiger partial charge is 0.379 e. The number of piperidine rings is 1. The fourth-order valence-electron chi connectivity index (χ4n) is 6.89. The number of benzene rings is 1. The van der Waals surface area contributed by atoms with Gasteiger partial charge in [-0.3, -0.25) is 24.0 Å². The summed E-state index contributed by atoms with van der Waals surface area (Å²) in [6, 6.07) is 8.50. The second kappa shape index (κ2) is 12.9. The van der Waals surface area contributed by atoms with Gasteiger partial charge in [0.2, 0.25) is 11.8 Å². The molecule has 2 saturated heterocycles. The average molecular weight is 631 g/mol. The van der Waals surface area contributed by atoms with Gasteiger partial charge in [-0.05, 0) is 37.5 Å². The maximum Gasteiger partial charge on any atom is 1.00 e. The van der Waals surface area contributed by atoms with Gasteiger partial charge in [0.1, 0.15) is 24.1 Å². The van der Waals surface area contributed by atoms with Crippen LogP contribution in [0, 0.1) is 25.5 Å². The summed E-state index contributed by atoms with van der Waals surface area (Å²) in [5.41, 5.74) is 3.29. The first kappa shape index (κ1) is 32.4. The molecule has 0 radical (unpaired) electrons. The van der Waals surface area contributed by atoms with Crippen molar-refractivity contribution in [3.63, 3.8) is 0 Å². The van der Waals surface area contributed by atoms with Gasteiger partial charge < -0.3 is 19.9 Å². The Morgan fingerprint density at radius 3 is 2.54 bits per heavy atom. The van der Waals surface area contributed by atoms with Crippen molar-refractivity contribution in [1.29, 1.82) is 0 Å². The van der Waals surface area contributed by atoms with Gasteiger partial charge in [-0.25, -0.2) is 9.97 Å². The van der Waals surface area contributed by atoms with Crippen LogP contribution < -0.4 is 34.9 Å². The van der Waals surface area contributed by atoms with Gasteiger partial charge in [0, 0.05) is 67.2 Å². The van der Waals surface area contributed by atoms with Crippen molar-refractivity contribution in [2.45, 2.75) is 52.2 Å². The number of ether oxygens (including phenoxy) is 1. The fraction of sp³-hybridized carbons (Fsp3) is 0.424. The van der Waals surface area contributed by atoms with E-state index in [1.807, 2.05) is 38.1 Å². The number of ketones is 1. The molecule has 232 valence electrons. The van der Waals surface area contributed by atoms with Crippen LogP contribution in [0.3, 0.4) is 0 Å². The number of likely N-dealkylation sites (tertiary alicyclic amines) is 1. The Morgan fingerprint density at radius 1 is 1.07 bits per heavy atom. The minimum Gasteiger partial charge on any atom is -0.379 e. The molecule has 5 heterocycles. The zero-order valence-electron chi connectivity index (χ0n) is 26.6. The Morgan fingerprint density at radius 2 is 1.83 bits per heavy atom. The minimum absolute atomic E-state index is 0. The van der Waals surface area contributed by atoms with Crippen molar-refractivity contribution >= 4 is 34.3 Å². The molecule has 2 aliphatic heterocycles. The molecule has 0 bridgehead atoms. The molecule has 1 saturated carbocycles. The van der Waals surface area contributed by atoms with Crippen LogP contribution in [0.2, 0.25) is 0 Å². The number of Topliss-reactive ketones (excluding diaryl/α,β-unsaturated/α-hetero) is 1. The molecule has 13 heteroatoms. The third kappa shape index (κ3) is 6.12. The Hall–Kier alpha value is -3.55. The van der Waals surface area contributed by atoms with Gasteiger partial charge in [0.15, 0.2) is 5.78 Å². The molecule has 3 aliphatic rings. The number of rotatable bonds is 8. The number of hydrogen-bond donors (Lipinski definition) is 1. The molecular weight excluding hydrogens is 595 g/mol. The first-order valence-corrected chi connectivity index (χ1v) is 15.3. The van der Waals surface area contributed by atoms with Crippen LogP contribution >= 0.6 is 0 Å². The standard InChI is InChI=1S/C33H35N8O4.Na/c1-20-5-4-8-34-31(20)37-32(44)27-14-33(19-39-9-11-45-12-10-39)15-28(33)41(27)29(43)18-40-26-7-6-23(24-16-35-22(3)36-17-24)13-25(26)30(38-40)21(2)42;/h4-7,13,16-17,27-28H,9-12,14-15,18-19H2,1-3H3,(H,34,37,44);/q-1;+1/t27-,28?,33?;/m0./s1. The number of nitrogens with zero attached hydrogens (tertiary/aromatic N) is 7. The first-order valence-electron chi connectivity index (χ1n) is 15.3. The van der Waals surface area contributed by atoms with E-state index in [4.69, 9.17) is 4.74 Å². The molecule has 4 aromatic rings. The van der Waals surface area contributed by atoms with Gasteiger partial charge in [-0.15, -0.1) is 5.56 Å². The van der Waals surface area contributed by atoms with E-state index in [0.717, 1.165) is 42.7 Å². The van der Waals surface area contributed by atoms with Gasteiger partial charge in [0.05, 0.1) is 18.7 Å². The van der Waals surface area contributed by atoms with Crippen molar-refractivity contribution in [1.82, 2.24) is 34.5 Å². The van der Waals surface area contributed by atoms with E-state index in [1.165, 1.54) is 6.92 Å². The molecule has 3 aromatic heterocycles. The van der Waals surface area contributed by atoms with Crippen molar-refractivity contribution in [2.75, 3.05) is 38.2 Å². The second-order valence-electron chi connectivity index (χ2n) is 12.4. The summed E-state index contributed by atoms with van der Waals surface area (Å²) in [6.07, 6.45) is 7.68. The summed E-state index contributed by atoms with van der Waals surface area (Å²) >= 11 is 0. The Bertz CT molecular complexity index is 1810. The molecular formula is C33H35N8NaO4. The zero-order valence-corrected chi connectivity index (χ0v) is 28.6. The normalized spacial score (nSPS) is 22.3. The summed E-state index contributed by atoms with van der Waals surface area (Å²) in [7, 11) is 0. The summed E-state index contributed by atoms with van der Waals surface area (Å²) in [5.74, 6) is 0.448. The van der Waals surface area contributed by atoms with E-state index in [-0.39, 0.29) is 65.2 Å². The number of aryl methyl sites for hydroxylation is 2. The van der Waals surface area contributed by atoms with E-state index in [2.05, 4.69) is 36.5 Å². The number of morpholine rings is 1. The van der Waals surface area contributed by atoms with Crippen molar-refractivity contribution in [3.8, 4) is 11.1 Å². The van der Waals surface area contributed by atoms with E-state index in [9.17, 15) is 14.4 Å². The maximum atomic E-state index is 14.2. The summed E-state index contributed by atoms with van der Waals surface area (Å²) in [4.78, 5) is 57.6. The Balaban J connectivity index is 0.00000372. The molecule has 12 nitrogen and oxygen atoms in total. The summed E-state index contributed by atoms with van der Waals surface area (Å²) in [6.45, 7) is 8.94. The molecule has 0 spiro atoms. The van der Waals surface area contributed by atoms with Crippen LogP contribution in [-0.4, -0.2) is 97.1 Å². The van der Waals surface area contributed by atoms with Crippen LogP contribution in [0.5, 0.6) is 0 Å². The molecule has 1 aromatic carbocycles. The number of aromatic nitrogens is 5. The third-order valence-electron chi connectivity index (χ3n) is 9.33.